The number of hydrogen-bond acceptors (Lipinski definition) is 4. The predicted molar refractivity (Wildman–Crippen MR) is 77.4 cm³/mol. The molecule has 4 nitrogen and oxygen atoms in total. The molecule has 1 rings (SSSR count). The zero-order valence-electron chi connectivity index (χ0n) is 13.2. The van der Waals surface area contributed by atoms with Crippen molar-refractivity contribution < 1.29 is 14.6 Å². The summed E-state index contributed by atoms with van der Waals surface area (Å²) in [7, 11) is 1.73. The van der Waals surface area contributed by atoms with E-state index in [1.165, 1.54) is 0 Å². The van der Waals surface area contributed by atoms with Crippen molar-refractivity contribution in [2.45, 2.75) is 64.2 Å². The molecule has 0 aromatic carbocycles. The van der Waals surface area contributed by atoms with Crippen molar-refractivity contribution in [2.75, 3.05) is 33.4 Å². The monoisotopic (exact) mass is 273 g/mol. The lowest BCUT2D eigenvalue weighted by molar-refractivity contribution is -0.0818. The zero-order valence-corrected chi connectivity index (χ0v) is 13.2. The minimum Gasteiger partial charge on any atom is -0.391 e. The summed E-state index contributed by atoms with van der Waals surface area (Å²) in [6, 6.07) is 0. The number of aliphatic hydroxyl groups excluding tert-OH is 1. The van der Waals surface area contributed by atoms with Crippen LogP contribution < -0.4 is 0 Å². The summed E-state index contributed by atoms with van der Waals surface area (Å²) < 4.78 is 10.8. The lowest BCUT2D eigenvalue weighted by atomic mass is 9.84. The van der Waals surface area contributed by atoms with Crippen molar-refractivity contribution in [1.29, 1.82) is 0 Å². The van der Waals surface area contributed by atoms with Crippen LogP contribution in [-0.4, -0.2) is 60.7 Å². The van der Waals surface area contributed by atoms with E-state index in [9.17, 15) is 5.11 Å². The molecule has 0 spiro atoms. The normalized spacial score (nSPS) is 23.1. The standard InChI is InChI=1S/C15H31NO3/c1-6-15(4,16-9-11-19-12-10-16)13(17)7-8-14(2,3)18-5/h13,17H,6-12H2,1-5H3. The molecule has 19 heavy (non-hydrogen) atoms. The van der Waals surface area contributed by atoms with Crippen LogP contribution in [0.4, 0.5) is 0 Å². The summed E-state index contributed by atoms with van der Waals surface area (Å²) in [5, 5.41) is 10.6. The number of rotatable bonds is 7. The minimum absolute atomic E-state index is 0.159. The fourth-order valence-electron chi connectivity index (χ4n) is 2.64. The molecule has 114 valence electrons. The summed E-state index contributed by atoms with van der Waals surface area (Å²) in [6.07, 6.45) is 2.25. The maximum Gasteiger partial charge on any atom is 0.0722 e. The quantitative estimate of drug-likeness (QED) is 0.771. The molecule has 0 bridgehead atoms. The third kappa shape index (κ3) is 4.42. The van der Waals surface area contributed by atoms with Crippen LogP contribution in [0.2, 0.25) is 0 Å². The van der Waals surface area contributed by atoms with Crippen LogP contribution in [0.3, 0.4) is 0 Å². The summed E-state index contributed by atoms with van der Waals surface area (Å²) in [5.41, 5.74) is -0.325. The van der Waals surface area contributed by atoms with Crippen LogP contribution in [0.5, 0.6) is 0 Å². The Hall–Kier alpha value is -0.160. The highest BCUT2D eigenvalue weighted by molar-refractivity contribution is 4.93. The fourth-order valence-corrected chi connectivity index (χ4v) is 2.64. The van der Waals surface area contributed by atoms with E-state index in [-0.39, 0.29) is 17.2 Å². The third-order valence-corrected chi connectivity index (χ3v) is 4.74. The van der Waals surface area contributed by atoms with Gasteiger partial charge < -0.3 is 14.6 Å². The van der Waals surface area contributed by atoms with Crippen LogP contribution in [0.15, 0.2) is 0 Å². The number of aliphatic hydroxyl groups is 1. The maximum absolute atomic E-state index is 10.6. The van der Waals surface area contributed by atoms with E-state index in [0.717, 1.165) is 45.6 Å². The Morgan fingerprint density at radius 3 is 2.32 bits per heavy atom. The lowest BCUT2D eigenvalue weighted by Crippen LogP contribution is -2.58. The van der Waals surface area contributed by atoms with E-state index < -0.39 is 0 Å². The van der Waals surface area contributed by atoms with Gasteiger partial charge in [0, 0.05) is 25.7 Å². The van der Waals surface area contributed by atoms with Crippen LogP contribution in [0, 0.1) is 0 Å². The Morgan fingerprint density at radius 2 is 1.84 bits per heavy atom. The summed E-state index contributed by atoms with van der Waals surface area (Å²) in [5.74, 6) is 0. The van der Waals surface area contributed by atoms with Gasteiger partial charge in [-0.15, -0.1) is 0 Å². The molecule has 0 aromatic heterocycles. The molecule has 0 amide bonds. The second-order valence-corrected chi connectivity index (χ2v) is 6.33. The highest BCUT2D eigenvalue weighted by atomic mass is 16.5. The van der Waals surface area contributed by atoms with Gasteiger partial charge in [0.25, 0.3) is 0 Å². The van der Waals surface area contributed by atoms with Crippen LogP contribution in [0.25, 0.3) is 0 Å². The fraction of sp³-hybridized carbons (Fsp3) is 1.00. The first kappa shape index (κ1) is 16.9. The first-order valence-electron chi connectivity index (χ1n) is 7.42. The summed E-state index contributed by atoms with van der Waals surface area (Å²) >= 11 is 0. The van der Waals surface area contributed by atoms with E-state index in [4.69, 9.17) is 9.47 Å². The van der Waals surface area contributed by atoms with Crippen molar-refractivity contribution in [1.82, 2.24) is 4.90 Å². The molecular weight excluding hydrogens is 242 g/mol. The molecule has 1 saturated heterocycles. The van der Waals surface area contributed by atoms with Gasteiger partial charge in [-0.3, -0.25) is 4.90 Å². The van der Waals surface area contributed by atoms with Gasteiger partial charge in [-0.05, 0) is 40.0 Å². The number of methoxy groups -OCH3 is 1. The topological polar surface area (TPSA) is 41.9 Å². The highest BCUT2D eigenvalue weighted by Crippen LogP contribution is 2.29. The Bertz CT molecular complexity index is 264. The molecule has 0 aliphatic carbocycles. The van der Waals surface area contributed by atoms with Gasteiger partial charge in [0.2, 0.25) is 0 Å². The largest absolute Gasteiger partial charge is 0.391 e. The molecule has 0 saturated carbocycles. The smallest absolute Gasteiger partial charge is 0.0722 e. The Labute approximate surface area is 118 Å². The zero-order chi connectivity index (χ0) is 14.5. The number of morpholine rings is 1. The Balaban J connectivity index is 2.61. The van der Waals surface area contributed by atoms with Gasteiger partial charge in [-0.1, -0.05) is 6.92 Å². The van der Waals surface area contributed by atoms with Crippen LogP contribution in [0.1, 0.15) is 47.0 Å². The van der Waals surface area contributed by atoms with E-state index in [1.807, 2.05) is 0 Å². The van der Waals surface area contributed by atoms with Gasteiger partial charge in [-0.25, -0.2) is 0 Å². The van der Waals surface area contributed by atoms with Crippen molar-refractivity contribution >= 4 is 0 Å². The maximum atomic E-state index is 10.6. The summed E-state index contributed by atoms with van der Waals surface area (Å²) in [4.78, 5) is 2.38. The first-order chi connectivity index (χ1) is 8.85. The van der Waals surface area contributed by atoms with Gasteiger partial charge >= 0.3 is 0 Å². The molecule has 1 aliphatic heterocycles. The molecular formula is C15H31NO3. The minimum atomic E-state index is -0.329. The van der Waals surface area contributed by atoms with Crippen LogP contribution >= 0.6 is 0 Å². The molecule has 1 N–H and O–H groups in total. The van der Waals surface area contributed by atoms with Crippen molar-refractivity contribution in [3.05, 3.63) is 0 Å². The molecule has 2 unspecified atom stereocenters. The Morgan fingerprint density at radius 1 is 1.26 bits per heavy atom. The SMILES string of the molecule is CCC(C)(C(O)CCC(C)(C)OC)N1CCOCC1. The molecule has 2 atom stereocenters. The van der Waals surface area contributed by atoms with E-state index in [1.54, 1.807) is 7.11 Å². The van der Waals surface area contributed by atoms with Gasteiger partial charge in [-0.2, -0.15) is 0 Å². The Kier molecular flexibility index (Phi) is 6.24. The van der Waals surface area contributed by atoms with Gasteiger partial charge in [0.1, 0.15) is 0 Å². The number of hydrogen-bond donors (Lipinski definition) is 1. The highest BCUT2D eigenvalue weighted by Gasteiger charge is 2.38. The molecule has 1 fully saturated rings. The second-order valence-electron chi connectivity index (χ2n) is 6.33. The molecule has 1 aliphatic rings. The molecule has 0 aromatic rings. The van der Waals surface area contributed by atoms with Crippen molar-refractivity contribution in [2.24, 2.45) is 0 Å². The summed E-state index contributed by atoms with van der Waals surface area (Å²) in [6.45, 7) is 11.8. The molecule has 1 heterocycles. The van der Waals surface area contributed by atoms with E-state index >= 15 is 0 Å². The predicted octanol–water partition coefficient (Wildman–Crippen LogP) is 2.05. The number of ether oxygens (including phenoxy) is 2. The lowest BCUT2D eigenvalue weighted by Gasteiger charge is -2.46. The van der Waals surface area contributed by atoms with Crippen molar-refractivity contribution in [3.8, 4) is 0 Å². The average Bonchev–Trinajstić information content (AvgIpc) is 2.44. The average molecular weight is 273 g/mol. The first-order valence-corrected chi connectivity index (χ1v) is 7.42. The van der Waals surface area contributed by atoms with E-state index in [2.05, 4.69) is 32.6 Å². The number of nitrogens with zero attached hydrogens (tertiary/aromatic N) is 1. The van der Waals surface area contributed by atoms with Gasteiger partial charge in [0.05, 0.1) is 24.9 Å². The van der Waals surface area contributed by atoms with Gasteiger partial charge in [0.15, 0.2) is 0 Å². The van der Waals surface area contributed by atoms with Crippen molar-refractivity contribution in [3.63, 3.8) is 0 Å². The van der Waals surface area contributed by atoms with Crippen LogP contribution in [-0.2, 0) is 9.47 Å². The molecule has 0 radical (unpaired) electrons. The third-order valence-electron chi connectivity index (χ3n) is 4.74. The second kappa shape index (κ2) is 7.02. The van der Waals surface area contributed by atoms with E-state index in [0.29, 0.717) is 0 Å². The molecule has 4 heteroatoms.